The first-order valence-corrected chi connectivity index (χ1v) is 6.67. The summed E-state index contributed by atoms with van der Waals surface area (Å²) in [4.78, 5) is 0. The van der Waals surface area contributed by atoms with E-state index in [2.05, 4.69) is 22.6 Å². The largest absolute Gasteiger partial charge is 0.368 e. The zero-order valence-corrected chi connectivity index (χ0v) is 9.67. The minimum Gasteiger partial charge on any atom is -0.368 e. The Balaban J connectivity index is 2.43. The summed E-state index contributed by atoms with van der Waals surface area (Å²) in [6.07, 6.45) is 2.18. The van der Waals surface area contributed by atoms with Gasteiger partial charge in [-0.15, -0.1) is 0 Å². The van der Waals surface area contributed by atoms with Gasteiger partial charge in [0.15, 0.2) is 0 Å². The van der Waals surface area contributed by atoms with Crippen LogP contribution in [0.2, 0.25) is 0 Å². The first-order chi connectivity index (χ1) is 5.47. The Hall–Kier alpha value is 0.600. The summed E-state index contributed by atoms with van der Waals surface area (Å²) in [5.41, 5.74) is 0. The highest BCUT2D eigenvalue weighted by molar-refractivity contribution is 14.1. The predicted octanol–water partition coefficient (Wildman–Crippen LogP) is 0.903. The summed E-state index contributed by atoms with van der Waals surface area (Å²) in [7, 11) is -3.31. The van der Waals surface area contributed by atoms with Crippen LogP contribution in [0.4, 0.5) is 0 Å². The number of hydrogen-bond donors (Lipinski definition) is 0. The van der Waals surface area contributed by atoms with E-state index in [-0.39, 0.29) is 10.2 Å². The van der Waals surface area contributed by atoms with E-state index in [0.717, 1.165) is 6.26 Å². The maximum atomic E-state index is 10.7. The minimum atomic E-state index is -3.31. The summed E-state index contributed by atoms with van der Waals surface area (Å²) in [6, 6.07) is 0. The first-order valence-electron chi connectivity index (χ1n) is 3.61. The van der Waals surface area contributed by atoms with Crippen molar-refractivity contribution in [1.82, 2.24) is 0 Å². The molecule has 1 fully saturated rings. The lowest BCUT2D eigenvalue weighted by Gasteiger charge is -2.24. The highest BCUT2D eigenvalue weighted by atomic mass is 127. The number of halogens is 1. The Bertz CT molecular complexity index is 238. The van der Waals surface area contributed by atoms with Crippen LogP contribution in [0.5, 0.6) is 0 Å². The van der Waals surface area contributed by atoms with Crippen molar-refractivity contribution in [2.45, 2.75) is 23.1 Å². The van der Waals surface area contributed by atoms with Gasteiger partial charge in [-0.05, 0) is 6.42 Å². The van der Waals surface area contributed by atoms with Crippen molar-refractivity contribution in [3.8, 4) is 0 Å². The Labute approximate surface area is 85.9 Å². The molecule has 0 aromatic rings. The Kier molecular flexibility index (Phi) is 3.74. The quantitative estimate of drug-likeness (QED) is 0.432. The molecule has 1 aliphatic heterocycles. The monoisotopic (exact) mass is 306 g/mol. The third-order valence-corrected chi connectivity index (χ3v) is 2.99. The molecule has 0 N–H and O–H groups in total. The van der Waals surface area contributed by atoms with Crippen molar-refractivity contribution in [2.75, 3.05) is 12.9 Å². The molecular formula is C6H11IO4S. The fourth-order valence-corrected chi connectivity index (χ4v) is 2.55. The number of hydrogen-bond acceptors (Lipinski definition) is 4. The van der Waals surface area contributed by atoms with Crippen molar-refractivity contribution in [3.05, 3.63) is 0 Å². The van der Waals surface area contributed by atoms with Crippen LogP contribution in [0, 0.1) is 0 Å². The summed E-state index contributed by atoms with van der Waals surface area (Å²) < 4.78 is 31.6. The second kappa shape index (κ2) is 4.21. The summed E-state index contributed by atoms with van der Waals surface area (Å²) in [5, 5.41) is 0. The van der Waals surface area contributed by atoms with E-state index in [1.807, 2.05) is 0 Å². The molecule has 2 unspecified atom stereocenters. The average molecular weight is 306 g/mol. The Morgan fingerprint density at radius 3 is 2.75 bits per heavy atom. The van der Waals surface area contributed by atoms with Crippen LogP contribution < -0.4 is 0 Å². The molecule has 0 saturated carbocycles. The maximum absolute atomic E-state index is 10.7. The van der Waals surface area contributed by atoms with Gasteiger partial charge >= 0.3 is 0 Å². The van der Waals surface area contributed by atoms with Gasteiger partial charge in [0.05, 0.1) is 19.0 Å². The molecule has 0 radical (unpaired) electrons. The van der Waals surface area contributed by atoms with Gasteiger partial charge in [-0.25, -0.2) is 0 Å². The molecule has 0 bridgehead atoms. The predicted molar refractivity (Wildman–Crippen MR) is 52.7 cm³/mol. The van der Waals surface area contributed by atoms with Gasteiger partial charge in [0.25, 0.3) is 10.1 Å². The molecular weight excluding hydrogens is 295 g/mol. The molecule has 0 aromatic heterocycles. The van der Waals surface area contributed by atoms with Crippen LogP contribution in [-0.4, -0.2) is 31.5 Å². The summed E-state index contributed by atoms with van der Waals surface area (Å²) >= 11 is 2.13. The highest BCUT2D eigenvalue weighted by Gasteiger charge is 2.23. The molecule has 12 heavy (non-hydrogen) atoms. The van der Waals surface area contributed by atoms with Gasteiger partial charge in [-0.3, -0.25) is 4.18 Å². The molecule has 6 heteroatoms. The van der Waals surface area contributed by atoms with E-state index < -0.39 is 10.1 Å². The molecule has 0 spiro atoms. The van der Waals surface area contributed by atoms with Crippen LogP contribution in [0.15, 0.2) is 0 Å². The molecule has 0 aromatic carbocycles. The normalized spacial score (nSPS) is 31.8. The second-order valence-corrected chi connectivity index (χ2v) is 5.72. The van der Waals surface area contributed by atoms with Crippen molar-refractivity contribution >= 4 is 32.7 Å². The molecule has 0 aliphatic carbocycles. The molecule has 0 amide bonds. The minimum absolute atomic E-state index is 0.0723. The average Bonchev–Trinajstić information content (AvgIpc) is 1.82. The molecule has 4 nitrogen and oxygen atoms in total. The fourth-order valence-electron chi connectivity index (χ4n) is 1.05. The van der Waals surface area contributed by atoms with Crippen molar-refractivity contribution in [3.63, 3.8) is 0 Å². The molecule has 2 atom stereocenters. The zero-order chi connectivity index (χ0) is 9.19. The topological polar surface area (TPSA) is 52.6 Å². The summed E-state index contributed by atoms with van der Waals surface area (Å²) in [6.45, 7) is 0.577. The SMILES string of the molecule is CS(=O)(=O)OC1CCOC(I)C1. The Morgan fingerprint density at radius 1 is 1.58 bits per heavy atom. The number of ether oxygens (including phenoxy) is 1. The van der Waals surface area contributed by atoms with Crippen LogP contribution in [-0.2, 0) is 19.0 Å². The highest BCUT2D eigenvalue weighted by Crippen LogP contribution is 2.22. The lowest BCUT2D eigenvalue weighted by molar-refractivity contribution is 0.0188. The zero-order valence-electron chi connectivity index (χ0n) is 6.70. The maximum Gasteiger partial charge on any atom is 0.264 e. The second-order valence-electron chi connectivity index (χ2n) is 2.73. The van der Waals surface area contributed by atoms with Crippen LogP contribution in [0.1, 0.15) is 12.8 Å². The van der Waals surface area contributed by atoms with Crippen molar-refractivity contribution in [2.24, 2.45) is 0 Å². The van der Waals surface area contributed by atoms with Crippen molar-refractivity contribution in [1.29, 1.82) is 0 Å². The molecule has 1 saturated heterocycles. The number of rotatable bonds is 2. The standard InChI is InChI=1S/C6H11IO4S/c1-12(8,9)11-5-2-3-10-6(7)4-5/h5-6H,2-4H2,1H3. The van der Waals surface area contributed by atoms with E-state index in [4.69, 9.17) is 8.92 Å². The van der Waals surface area contributed by atoms with Crippen LogP contribution >= 0.6 is 22.6 Å². The Morgan fingerprint density at radius 2 is 2.25 bits per heavy atom. The fraction of sp³-hybridized carbons (Fsp3) is 1.00. The third-order valence-electron chi connectivity index (χ3n) is 1.50. The van der Waals surface area contributed by atoms with E-state index in [1.54, 1.807) is 0 Å². The van der Waals surface area contributed by atoms with Gasteiger partial charge in [0.2, 0.25) is 0 Å². The molecule has 1 heterocycles. The summed E-state index contributed by atoms with van der Waals surface area (Å²) in [5.74, 6) is 0. The number of alkyl halides is 1. The smallest absolute Gasteiger partial charge is 0.264 e. The van der Waals surface area contributed by atoms with E-state index in [0.29, 0.717) is 19.4 Å². The molecule has 1 aliphatic rings. The van der Waals surface area contributed by atoms with Crippen LogP contribution in [0.3, 0.4) is 0 Å². The van der Waals surface area contributed by atoms with Gasteiger partial charge < -0.3 is 4.74 Å². The van der Waals surface area contributed by atoms with Crippen LogP contribution in [0.25, 0.3) is 0 Å². The molecule has 1 rings (SSSR count). The third kappa shape index (κ3) is 4.01. The van der Waals surface area contributed by atoms with Gasteiger partial charge in [0, 0.05) is 6.42 Å². The lowest BCUT2D eigenvalue weighted by atomic mass is 10.2. The van der Waals surface area contributed by atoms with E-state index in [1.165, 1.54) is 0 Å². The van der Waals surface area contributed by atoms with Gasteiger partial charge in [-0.2, -0.15) is 8.42 Å². The molecule has 72 valence electrons. The first kappa shape index (κ1) is 10.7. The van der Waals surface area contributed by atoms with Crippen molar-refractivity contribution < 1.29 is 17.3 Å². The van der Waals surface area contributed by atoms with E-state index in [9.17, 15) is 8.42 Å². The van der Waals surface area contributed by atoms with Gasteiger partial charge in [0.1, 0.15) is 4.11 Å². The lowest BCUT2D eigenvalue weighted by Crippen LogP contribution is -2.29. The van der Waals surface area contributed by atoms with E-state index >= 15 is 0 Å². The van der Waals surface area contributed by atoms with Gasteiger partial charge in [-0.1, -0.05) is 22.6 Å².